The van der Waals surface area contributed by atoms with Gasteiger partial charge in [-0.25, -0.2) is 9.97 Å². The predicted octanol–water partition coefficient (Wildman–Crippen LogP) is 4.29. The molecule has 0 radical (unpaired) electrons. The molecule has 0 saturated carbocycles. The highest BCUT2D eigenvalue weighted by molar-refractivity contribution is 7.19. The molecule has 0 N–H and O–H groups in total. The molecule has 0 aromatic carbocycles. The van der Waals surface area contributed by atoms with Crippen molar-refractivity contribution in [3.63, 3.8) is 0 Å². The van der Waals surface area contributed by atoms with E-state index in [9.17, 15) is 4.79 Å². The second-order valence-electron chi connectivity index (χ2n) is 4.25. The van der Waals surface area contributed by atoms with Gasteiger partial charge < -0.3 is 9.15 Å². The third-order valence-corrected chi connectivity index (χ3v) is 4.58. The zero-order valence-corrected chi connectivity index (χ0v) is 13.9. The smallest absolute Gasteiger partial charge is 0.312 e. The molecule has 3 heterocycles. The average molecular weight is 355 g/mol. The van der Waals surface area contributed by atoms with Crippen molar-refractivity contribution < 1.29 is 13.9 Å². The first-order valence-electron chi connectivity index (χ1n) is 6.47. The molecule has 0 unspecified atom stereocenters. The molecule has 5 nitrogen and oxygen atoms in total. The second kappa shape index (κ2) is 6.60. The van der Waals surface area contributed by atoms with Crippen molar-refractivity contribution in [1.82, 2.24) is 9.97 Å². The monoisotopic (exact) mass is 354 g/mol. The summed E-state index contributed by atoms with van der Waals surface area (Å²) in [7, 11) is 0. The van der Waals surface area contributed by atoms with Crippen molar-refractivity contribution in [3.8, 4) is 22.2 Å². The van der Waals surface area contributed by atoms with E-state index in [4.69, 9.17) is 20.8 Å². The summed E-state index contributed by atoms with van der Waals surface area (Å²) in [6.07, 6.45) is 0.0479. The Morgan fingerprint density at radius 1 is 1.45 bits per heavy atom. The van der Waals surface area contributed by atoms with E-state index in [1.54, 1.807) is 18.5 Å². The number of hydrogen-bond acceptors (Lipinski definition) is 7. The number of hydrogen-bond donors (Lipinski definition) is 0. The largest absolute Gasteiger partial charge is 0.466 e. The molecular weight excluding hydrogens is 344 g/mol. The molecular formula is C14H11ClN2O3S2. The lowest BCUT2D eigenvalue weighted by atomic mass is 10.2. The van der Waals surface area contributed by atoms with Crippen LogP contribution in [0.3, 0.4) is 0 Å². The first-order valence-corrected chi connectivity index (χ1v) is 8.60. The number of thiazole rings is 1. The van der Waals surface area contributed by atoms with Crippen molar-refractivity contribution in [3.05, 3.63) is 33.1 Å². The summed E-state index contributed by atoms with van der Waals surface area (Å²) >= 11 is 8.80. The zero-order valence-electron chi connectivity index (χ0n) is 11.5. The summed E-state index contributed by atoms with van der Waals surface area (Å²) in [6.45, 7) is 2.09. The normalized spacial score (nSPS) is 10.8. The van der Waals surface area contributed by atoms with E-state index >= 15 is 0 Å². The van der Waals surface area contributed by atoms with Gasteiger partial charge >= 0.3 is 5.97 Å². The molecule has 0 aliphatic carbocycles. The maximum Gasteiger partial charge on any atom is 0.312 e. The average Bonchev–Trinajstić information content (AvgIpc) is 3.18. The maximum atomic E-state index is 11.8. The van der Waals surface area contributed by atoms with Gasteiger partial charge in [0.1, 0.15) is 5.69 Å². The Hall–Kier alpha value is -1.70. The van der Waals surface area contributed by atoms with Crippen LogP contribution in [-0.2, 0) is 16.0 Å². The molecule has 8 heteroatoms. The Morgan fingerprint density at radius 2 is 2.32 bits per heavy atom. The van der Waals surface area contributed by atoms with Crippen LogP contribution in [0.1, 0.15) is 12.6 Å². The van der Waals surface area contributed by atoms with Gasteiger partial charge in [-0.3, -0.25) is 4.79 Å². The molecule has 3 aromatic heterocycles. The summed E-state index contributed by atoms with van der Waals surface area (Å²) in [6, 6.07) is 3.62. The number of carbonyl (C=O) groups is 1. The Labute approximate surface area is 139 Å². The van der Waals surface area contributed by atoms with Crippen molar-refractivity contribution in [2.24, 2.45) is 0 Å². The molecule has 0 aliphatic rings. The van der Waals surface area contributed by atoms with Gasteiger partial charge in [0.05, 0.1) is 33.4 Å². The van der Waals surface area contributed by atoms with Gasteiger partial charge in [-0.05, 0) is 19.1 Å². The van der Waals surface area contributed by atoms with E-state index in [1.807, 2.05) is 11.4 Å². The quantitative estimate of drug-likeness (QED) is 0.639. The number of carbonyl (C=O) groups excluding carboxylic acids is 1. The van der Waals surface area contributed by atoms with Crippen LogP contribution in [0.25, 0.3) is 22.2 Å². The van der Waals surface area contributed by atoms with Crippen LogP contribution in [0.15, 0.2) is 27.4 Å². The molecule has 114 valence electrons. The number of nitrogens with zero attached hydrogens (tertiary/aromatic N) is 2. The SMILES string of the molecule is CCOC(=O)Cc1nc(-c2cscn2)oc1-c1ccc(Cl)s1. The molecule has 0 aliphatic heterocycles. The van der Waals surface area contributed by atoms with E-state index < -0.39 is 0 Å². The van der Waals surface area contributed by atoms with Crippen LogP contribution in [0.4, 0.5) is 0 Å². The molecule has 22 heavy (non-hydrogen) atoms. The summed E-state index contributed by atoms with van der Waals surface area (Å²) in [5.41, 5.74) is 2.87. The molecule has 3 aromatic rings. The number of ether oxygens (including phenoxy) is 1. The summed E-state index contributed by atoms with van der Waals surface area (Å²) in [5.74, 6) is 0.581. The summed E-state index contributed by atoms with van der Waals surface area (Å²) in [4.78, 5) is 21.2. The fourth-order valence-corrected chi connectivity index (χ4v) is 3.45. The maximum absolute atomic E-state index is 11.8. The van der Waals surface area contributed by atoms with Crippen molar-refractivity contribution >= 4 is 40.2 Å². The van der Waals surface area contributed by atoms with Gasteiger partial charge in [-0.15, -0.1) is 22.7 Å². The standard InChI is InChI=1S/C14H11ClN2O3S2/c1-2-19-12(18)5-8-13(10-3-4-11(15)22-10)20-14(17-8)9-6-21-7-16-9/h3-4,6-7H,2,5H2,1H3. The van der Waals surface area contributed by atoms with E-state index in [0.717, 1.165) is 4.88 Å². The molecule has 0 spiro atoms. The molecule has 0 saturated heterocycles. The van der Waals surface area contributed by atoms with Crippen LogP contribution >= 0.6 is 34.3 Å². The topological polar surface area (TPSA) is 65.2 Å². The molecule has 0 bridgehead atoms. The van der Waals surface area contributed by atoms with Crippen LogP contribution in [0.2, 0.25) is 4.34 Å². The lowest BCUT2D eigenvalue weighted by Crippen LogP contribution is -2.08. The number of thiophene rings is 1. The highest BCUT2D eigenvalue weighted by atomic mass is 35.5. The third-order valence-electron chi connectivity index (χ3n) is 2.76. The van der Waals surface area contributed by atoms with Crippen molar-refractivity contribution in [1.29, 1.82) is 0 Å². The van der Waals surface area contributed by atoms with Crippen LogP contribution in [0.5, 0.6) is 0 Å². The number of rotatable bonds is 5. The Morgan fingerprint density at radius 3 is 2.95 bits per heavy atom. The van der Waals surface area contributed by atoms with E-state index in [2.05, 4.69) is 9.97 Å². The van der Waals surface area contributed by atoms with Crippen molar-refractivity contribution in [2.75, 3.05) is 6.61 Å². The fourth-order valence-electron chi connectivity index (χ4n) is 1.88. The number of esters is 1. The highest BCUT2D eigenvalue weighted by Gasteiger charge is 2.21. The molecule has 0 amide bonds. The lowest BCUT2D eigenvalue weighted by Gasteiger charge is -2.00. The van der Waals surface area contributed by atoms with E-state index in [-0.39, 0.29) is 12.4 Å². The number of oxazole rings is 1. The minimum Gasteiger partial charge on any atom is -0.466 e. The highest BCUT2D eigenvalue weighted by Crippen LogP contribution is 2.36. The number of aromatic nitrogens is 2. The van der Waals surface area contributed by atoms with Gasteiger partial charge in [0.25, 0.3) is 0 Å². The van der Waals surface area contributed by atoms with Gasteiger partial charge in [0, 0.05) is 5.38 Å². The van der Waals surface area contributed by atoms with E-state index in [1.165, 1.54) is 22.7 Å². The predicted molar refractivity (Wildman–Crippen MR) is 86.3 cm³/mol. The Bertz CT molecular complexity index is 780. The third kappa shape index (κ3) is 3.21. The van der Waals surface area contributed by atoms with Crippen molar-refractivity contribution in [2.45, 2.75) is 13.3 Å². The number of halogens is 1. The van der Waals surface area contributed by atoms with Gasteiger partial charge in [0.15, 0.2) is 5.76 Å². The lowest BCUT2D eigenvalue weighted by molar-refractivity contribution is -0.142. The minimum absolute atomic E-state index is 0.0479. The van der Waals surface area contributed by atoms with Gasteiger partial charge in [-0.2, -0.15) is 0 Å². The summed E-state index contributed by atoms with van der Waals surface area (Å²) < 4.78 is 11.4. The Balaban J connectivity index is 2.00. The molecule has 0 fully saturated rings. The van der Waals surface area contributed by atoms with Gasteiger partial charge in [0.2, 0.25) is 5.89 Å². The van der Waals surface area contributed by atoms with Gasteiger partial charge in [-0.1, -0.05) is 11.6 Å². The first kappa shape index (κ1) is 15.2. The first-order chi connectivity index (χ1) is 10.7. The van der Waals surface area contributed by atoms with Crippen LogP contribution < -0.4 is 0 Å². The fraction of sp³-hybridized carbons (Fsp3) is 0.214. The zero-order chi connectivity index (χ0) is 15.5. The Kier molecular flexibility index (Phi) is 4.56. The molecule has 3 rings (SSSR count). The van der Waals surface area contributed by atoms with Crippen LogP contribution in [0, 0.1) is 0 Å². The summed E-state index contributed by atoms with van der Waals surface area (Å²) in [5, 5.41) is 1.84. The second-order valence-corrected chi connectivity index (χ2v) is 6.69. The molecule has 0 atom stereocenters. The minimum atomic E-state index is -0.343. The van der Waals surface area contributed by atoms with E-state index in [0.29, 0.717) is 34.0 Å². The van der Waals surface area contributed by atoms with Crippen LogP contribution in [-0.4, -0.2) is 22.5 Å².